The zero-order chi connectivity index (χ0) is 20.2. The zero-order valence-corrected chi connectivity index (χ0v) is 14.5. The second-order valence-electron chi connectivity index (χ2n) is 5.12. The van der Waals surface area contributed by atoms with E-state index in [0.717, 1.165) is 19.1 Å². The molecule has 0 aromatic heterocycles. The van der Waals surface area contributed by atoms with E-state index in [1.165, 1.54) is 0 Å². The van der Waals surface area contributed by atoms with Crippen molar-refractivity contribution in [2.75, 3.05) is 0 Å². The first-order chi connectivity index (χ1) is 12.5. The van der Waals surface area contributed by atoms with Gasteiger partial charge in [-0.2, -0.15) is 21.6 Å². The van der Waals surface area contributed by atoms with E-state index in [-0.39, 0.29) is 12.4 Å². The summed E-state index contributed by atoms with van der Waals surface area (Å²) in [5.74, 6) is -3.73. The normalized spacial score (nSPS) is 11.7. The summed E-state index contributed by atoms with van der Waals surface area (Å²) in [6.45, 7) is 0.867. The first kappa shape index (κ1) is 20.4. The molecule has 0 aliphatic carbocycles. The number of halogens is 3. The standard InChI is InChI=1S/C16H13F3O7S/c1-10(20)25-12-7-13(21)15(26-27(22,23)16(17,18)19)14(8-12)24-9-11-5-3-2-4-6-11/h2-8,21H,9H2,1H3. The van der Waals surface area contributed by atoms with Gasteiger partial charge < -0.3 is 18.8 Å². The van der Waals surface area contributed by atoms with Gasteiger partial charge in [0.2, 0.25) is 5.75 Å². The third-order valence-electron chi connectivity index (χ3n) is 2.98. The van der Waals surface area contributed by atoms with Crippen LogP contribution in [0.1, 0.15) is 12.5 Å². The van der Waals surface area contributed by atoms with E-state index in [0.29, 0.717) is 5.56 Å². The number of carbonyl (C=O) groups is 1. The van der Waals surface area contributed by atoms with Gasteiger partial charge >= 0.3 is 21.6 Å². The Labute approximate surface area is 152 Å². The van der Waals surface area contributed by atoms with Gasteiger partial charge in [0.1, 0.15) is 12.4 Å². The minimum Gasteiger partial charge on any atom is -0.504 e. The van der Waals surface area contributed by atoms with Crippen molar-refractivity contribution in [3.8, 4) is 23.0 Å². The molecule has 7 nitrogen and oxygen atoms in total. The summed E-state index contributed by atoms with van der Waals surface area (Å²) in [5.41, 5.74) is -5.12. The Morgan fingerprint density at radius 3 is 2.33 bits per heavy atom. The lowest BCUT2D eigenvalue weighted by Crippen LogP contribution is -2.28. The van der Waals surface area contributed by atoms with Crippen molar-refractivity contribution in [3.63, 3.8) is 0 Å². The smallest absolute Gasteiger partial charge is 0.504 e. The van der Waals surface area contributed by atoms with Crippen LogP contribution in [0.25, 0.3) is 0 Å². The molecule has 0 fully saturated rings. The number of rotatable bonds is 6. The van der Waals surface area contributed by atoms with E-state index in [9.17, 15) is 31.5 Å². The lowest BCUT2D eigenvalue weighted by molar-refractivity contribution is -0.131. The Balaban J connectivity index is 2.42. The summed E-state index contributed by atoms with van der Waals surface area (Å²) in [7, 11) is -6.06. The molecule has 2 aromatic carbocycles. The second kappa shape index (κ2) is 7.74. The predicted octanol–water partition coefficient (Wildman–Crippen LogP) is 3.12. The average Bonchev–Trinajstić information content (AvgIpc) is 2.55. The van der Waals surface area contributed by atoms with Crippen LogP contribution >= 0.6 is 0 Å². The Bertz CT molecular complexity index is 925. The Morgan fingerprint density at radius 1 is 1.15 bits per heavy atom. The first-order valence-corrected chi connectivity index (χ1v) is 8.63. The van der Waals surface area contributed by atoms with Crippen molar-refractivity contribution < 1.29 is 45.1 Å². The minimum absolute atomic E-state index is 0.188. The van der Waals surface area contributed by atoms with E-state index in [1.54, 1.807) is 30.3 Å². The molecule has 0 saturated heterocycles. The van der Waals surface area contributed by atoms with Crippen molar-refractivity contribution in [2.45, 2.75) is 19.0 Å². The number of ether oxygens (including phenoxy) is 2. The average molecular weight is 406 g/mol. The maximum atomic E-state index is 12.6. The molecule has 146 valence electrons. The minimum atomic E-state index is -6.06. The summed E-state index contributed by atoms with van der Waals surface area (Å²) in [6, 6.07) is 10.0. The summed E-state index contributed by atoms with van der Waals surface area (Å²) in [6.07, 6.45) is 0. The number of carbonyl (C=O) groups excluding carboxylic acids is 1. The highest BCUT2D eigenvalue weighted by atomic mass is 32.2. The lowest BCUT2D eigenvalue weighted by Gasteiger charge is -2.16. The molecular formula is C16H13F3O7S. The highest BCUT2D eigenvalue weighted by Crippen LogP contribution is 2.43. The van der Waals surface area contributed by atoms with E-state index in [1.807, 2.05) is 0 Å². The number of hydrogen-bond donors (Lipinski definition) is 1. The third-order valence-corrected chi connectivity index (χ3v) is 3.94. The highest BCUT2D eigenvalue weighted by Gasteiger charge is 2.49. The Morgan fingerprint density at radius 2 is 1.78 bits per heavy atom. The van der Waals surface area contributed by atoms with Gasteiger partial charge in [-0.05, 0) is 5.56 Å². The van der Waals surface area contributed by atoms with Crippen LogP contribution in [0.2, 0.25) is 0 Å². The zero-order valence-electron chi connectivity index (χ0n) is 13.7. The second-order valence-corrected chi connectivity index (χ2v) is 6.66. The molecule has 2 aromatic rings. The molecule has 0 unspecified atom stereocenters. The summed E-state index contributed by atoms with van der Waals surface area (Å²) in [4.78, 5) is 11.0. The maximum absolute atomic E-state index is 12.6. The quantitative estimate of drug-likeness (QED) is 0.341. The molecule has 0 saturated carbocycles. The van der Waals surface area contributed by atoms with Gasteiger partial charge in [0, 0.05) is 19.1 Å². The van der Waals surface area contributed by atoms with Crippen molar-refractivity contribution in [1.82, 2.24) is 0 Å². The fourth-order valence-electron chi connectivity index (χ4n) is 1.87. The molecule has 0 spiro atoms. The summed E-state index contributed by atoms with van der Waals surface area (Å²) < 4.78 is 74.3. The van der Waals surface area contributed by atoms with Gasteiger partial charge in [0.25, 0.3) is 0 Å². The molecule has 11 heteroatoms. The van der Waals surface area contributed by atoms with Crippen molar-refractivity contribution >= 4 is 16.1 Å². The van der Waals surface area contributed by atoms with Crippen LogP contribution in [0.4, 0.5) is 13.2 Å². The summed E-state index contributed by atoms with van der Waals surface area (Å²) in [5, 5.41) is 9.88. The Kier molecular flexibility index (Phi) is 5.84. The first-order valence-electron chi connectivity index (χ1n) is 7.22. The maximum Gasteiger partial charge on any atom is 0.534 e. The number of hydrogen-bond acceptors (Lipinski definition) is 7. The van der Waals surface area contributed by atoms with E-state index in [4.69, 9.17) is 9.47 Å². The van der Waals surface area contributed by atoms with Crippen molar-refractivity contribution in [2.24, 2.45) is 0 Å². The summed E-state index contributed by atoms with van der Waals surface area (Å²) >= 11 is 0. The number of aromatic hydroxyl groups is 1. The third kappa shape index (κ3) is 5.26. The van der Waals surface area contributed by atoms with Crippen LogP contribution < -0.4 is 13.7 Å². The van der Waals surface area contributed by atoms with Crippen LogP contribution in [0.3, 0.4) is 0 Å². The topological polar surface area (TPSA) is 99.1 Å². The molecule has 27 heavy (non-hydrogen) atoms. The molecule has 0 atom stereocenters. The molecule has 1 N–H and O–H groups in total. The predicted molar refractivity (Wildman–Crippen MR) is 85.8 cm³/mol. The molecule has 0 aliphatic heterocycles. The SMILES string of the molecule is CC(=O)Oc1cc(O)c(OS(=O)(=O)C(F)(F)F)c(OCc2ccccc2)c1. The number of alkyl halides is 3. The highest BCUT2D eigenvalue weighted by molar-refractivity contribution is 7.88. The number of esters is 1. The Hall–Kier alpha value is -2.95. The van der Waals surface area contributed by atoms with Crippen LogP contribution in [-0.4, -0.2) is 25.0 Å². The van der Waals surface area contributed by atoms with Gasteiger partial charge in [-0.1, -0.05) is 30.3 Å². The van der Waals surface area contributed by atoms with E-state index < -0.39 is 38.8 Å². The fraction of sp³-hybridized carbons (Fsp3) is 0.188. The largest absolute Gasteiger partial charge is 0.534 e. The van der Waals surface area contributed by atoms with Crippen molar-refractivity contribution in [3.05, 3.63) is 48.0 Å². The van der Waals surface area contributed by atoms with Crippen LogP contribution in [0.5, 0.6) is 23.0 Å². The molecule has 0 heterocycles. The monoisotopic (exact) mass is 406 g/mol. The van der Waals surface area contributed by atoms with Crippen molar-refractivity contribution in [1.29, 1.82) is 0 Å². The van der Waals surface area contributed by atoms with Gasteiger partial charge in [-0.25, -0.2) is 0 Å². The molecule has 0 radical (unpaired) electrons. The molecule has 2 rings (SSSR count). The van der Waals surface area contributed by atoms with Crippen LogP contribution in [0, 0.1) is 0 Å². The fourth-order valence-corrected chi connectivity index (χ4v) is 2.35. The number of phenolic OH excluding ortho intramolecular Hbond substituents is 1. The van der Waals surface area contributed by atoms with Gasteiger partial charge in [-0.3, -0.25) is 4.79 Å². The van der Waals surface area contributed by atoms with E-state index >= 15 is 0 Å². The van der Waals surface area contributed by atoms with Crippen LogP contribution in [-0.2, 0) is 21.5 Å². The van der Waals surface area contributed by atoms with Gasteiger partial charge in [-0.15, -0.1) is 0 Å². The van der Waals surface area contributed by atoms with Gasteiger partial charge in [0.05, 0.1) is 0 Å². The lowest BCUT2D eigenvalue weighted by atomic mass is 10.2. The molecular weight excluding hydrogens is 393 g/mol. The molecule has 0 aliphatic rings. The molecule has 0 bridgehead atoms. The number of benzene rings is 2. The number of phenols is 1. The molecule has 0 amide bonds. The van der Waals surface area contributed by atoms with E-state index in [2.05, 4.69) is 4.18 Å². The van der Waals surface area contributed by atoms with Gasteiger partial charge in [0.15, 0.2) is 11.5 Å². The van der Waals surface area contributed by atoms with Crippen LogP contribution in [0.15, 0.2) is 42.5 Å².